The van der Waals surface area contributed by atoms with Crippen molar-refractivity contribution in [1.29, 1.82) is 0 Å². The van der Waals surface area contributed by atoms with Gasteiger partial charge in [0.05, 0.1) is 13.2 Å². The van der Waals surface area contributed by atoms with E-state index in [0.29, 0.717) is 62.1 Å². The van der Waals surface area contributed by atoms with Crippen molar-refractivity contribution in [2.75, 3.05) is 44.6 Å². The van der Waals surface area contributed by atoms with E-state index >= 15 is 0 Å². The summed E-state index contributed by atoms with van der Waals surface area (Å²) in [6.07, 6.45) is 3.45. The molecule has 0 spiro atoms. The average Bonchev–Trinajstić information content (AvgIpc) is 2.90. The Hall–Kier alpha value is -3.98. The number of nitrogens with zero attached hydrogens (tertiary/aromatic N) is 3. The highest BCUT2D eigenvalue weighted by Gasteiger charge is 2.24. The van der Waals surface area contributed by atoms with Gasteiger partial charge in [-0.1, -0.05) is 6.07 Å². The molecule has 9 heteroatoms. The van der Waals surface area contributed by atoms with Crippen molar-refractivity contribution in [3.8, 4) is 11.5 Å². The van der Waals surface area contributed by atoms with Gasteiger partial charge in [-0.3, -0.25) is 19.5 Å². The van der Waals surface area contributed by atoms with E-state index in [9.17, 15) is 14.0 Å². The number of aromatic nitrogens is 1. The summed E-state index contributed by atoms with van der Waals surface area (Å²) in [7, 11) is 0. The summed E-state index contributed by atoms with van der Waals surface area (Å²) < 4.78 is 24.7. The Bertz CT molecular complexity index is 1170. The Balaban J connectivity index is 1.30. The monoisotopic (exact) mass is 492 g/mol. The second-order valence-electron chi connectivity index (χ2n) is 8.37. The number of halogens is 1. The molecule has 0 saturated carbocycles. The lowest BCUT2D eigenvalue weighted by atomic mass is 10.1. The van der Waals surface area contributed by atoms with Crippen molar-refractivity contribution in [3.05, 3.63) is 83.9 Å². The van der Waals surface area contributed by atoms with Crippen LogP contribution in [0.15, 0.2) is 67.0 Å². The third-order valence-electron chi connectivity index (χ3n) is 5.76. The number of hydrogen-bond donors (Lipinski definition) is 1. The fourth-order valence-corrected chi connectivity index (χ4v) is 3.90. The molecular formula is C27H29FN4O4. The van der Waals surface area contributed by atoms with Crippen molar-refractivity contribution in [2.24, 2.45) is 0 Å². The molecule has 2 heterocycles. The molecule has 0 atom stereocenters. The normalized spacial score (nSPS) is 13.8. The number of carbonyl (C=O) groups is 2. The smallest absolute Gasteiger partial charge is 0.254 e. The van der Waals surface area contributed by atoms with Crippen LogP contribution < -0.4 is 14.8 Å². The molecule has 1 aliphatic heterocycles. The predicted octanol–water partition coefficient (Wildman–Crippen LogP) is 3.59. The molecule has 8 nitrogen and oxygen atoms in total. The molecule has 4 rings (SSSR count). The summed E-state index contributed by atoms with van der Waals surface area (Å²) in [5.41, 5.74) is 2.01. The van der Waals surface area contributed by atoms with E-state index < -0.39 is 0 Å². The van der Waals surface area contributed by atoms with Crippen LogP contribution in [0.4, 0.5) is 10.1 Å². The Morgan fingerprint density at radius 1 is 1.00 bits per heavy atom. The zero-order valence-electron chi connectivity index (χ0n) is 20.2. The van der Waals surface area contributed by atoms with Crippen molar-refractivity contribution in [3.63, 3.8) is 0 Å². The number of carbonyl (C=O) groups excluding carboxylic acids is 2. The molecule has 0 bridgehead atoms. The summed E-state index contributed by atoms with van der Waals surface area (Å²) >= 11 is 0. The Morgan fingerprint density at radius 3 is 2.47 bits per heavy atom. The number of benzene rings is 2. The molecule has 2 aromatic carbocycles. The minimum absolute atomic E-state index is 0.0924. The number of hydrogen-bond acceptors (Lipinski definition) is 6. The molecule has 36 heavy (non-hydrogen) atoms. The summed E-state index contributed by atoms with van der Waals surface area (Å²) in [5.74, 6) is 0.460. The van der Waals surface area contributed by atoms with E-state index in [-0.39, 0.29) is 24.2 Å². The Kier molecular flexibility index (Phi) is 8.46. The fourth-order valence-electron chi connectivity index (χ4n) is 3.90. The van der Waals surface area contributed by atoms with Crippen LogP contribution in [-0.4, -0.2) is 65.9 Å². The average molecular weight is 493 g/mol. The Morgan fingerprint density at radius 2 is 1.78 bits per heavy atom. The highest BCUT2D eigenvalue weighted by atomic mass is 19.1. The van der Waals surface area contributed by atoms with Crippen molar-refractivity contribution < 1.29 is 23.5 Å². The van der Waals surface area contributed by atoms with Crippen LogP contribution in [0.1, 0.15) is 22.8 Å². The van der Waals surface area contributed by atoms with E-state index in [1.54, 1.807) is 35.5 Å². The first-order valence-corrected chi connectivity index (χ1v) is 11.9. The number of piperazine rings is 1. The first kappa shape index (κ1) is 25.1. The van der Waals surface area contributed by atoms with E-state index in [2.05, 4.69) is 10.3 Å². The van der Waals surface area contributed by atoms with Crippen LogP contribution in [0.25, 0.3) is 0 Å². The minimum Gasteiger partial charge on any atom is -0.490 e. The fraction of sp³-hybridized carbons (Fsp3) is 0.296. The quantitative estimate of drug-likeness (QED) is 0.492. The topological polar surface area (TPSA) is 84.0 Å². The van der Waals surface area contributed by atoms with Gasteiger partial charge in [0, 0.05) is 55.4 Å². The largest absolute Gasteiger partial charge is 0.490 e. The number of nitrogens with one attached hydrogen (secondary N) is 1. The second kappa shape index (κ2) is 12.1. The molecular weight excluding hydrogens is 463 g/mol. The number of anilines is 1. The van der Waals surface area contributed by atoms with Crippen molar-refractivity contribution in [2.45, 2.75) is 13.5 Å². The molecule has 3 aromatic rings. The second-order valence-corrected chi connectivity index (χ2v) is 8.37. The van der Waals surface area contributed by atoms with Gasteiger partial charge >= 0.3 is 0 Å². The van der Waals surface area contributed by atoms with Gasteiger partial charge in [0.25, 0.3) is 5.91 Å². The van der Waals surface area contributed by atoms with Crippen LogP contribution in [0.2, 0.25) is 0 Å². The van der Waals surface area contributed by atoms with Gasteiger partial charge in [0.15, 0.2) is 11.5 Å². The number of amides is 2. The van der Waals surface area contributed by atoms with Gasteiger partial charge in [-0.2, -0.15) is 0 Å². The zero-order chi connectivity index (χ0) is 25.3. The molecule has 1 N–H and O–H groups in total. The van der Waals surface area contributed by atoms with Crippen LogP contribution in [-0.2, 0) is 11.4 Å². The number of pyridine rings is 1. The van der Waals surface area contributed by atoms with E-state index in [0.717, 1.165) is 5.56 Å². The van der Waals surface area contributed by atoms with Crippen LogP contribution >= 0.6 is 0 Å². The van der Waals surface area contributed by atoms with Gasteiger partial charge in [0.1, 0.15) is 12.4 Å². The van der Waals surface area contributed by atoms with Crippen molar-refractivity contribution >= 4 is 17.5 Å². The minimum atomic E-state index is -0.353. The van der Waals surface area contributed by atoms with Crippen molar-refractivity contribution in [1.82, 2.24) is 14.8 Å². The zero-order valence-corrected chi connectivity index (χ0v) is 20.2. The van der Waals surface area contributed by atoms with Gasteiger partial charge in [-0.05, 0) is 55.5 Å². The first-order chi connectivity index (χ1) is 17.5. The summed E-state index contributed by atoms with van der Waals surface area (Å²) in [4.78, 5) is 33.3. The highest BCUT2D eigenvalue weighted by molar-refractivity contribution is 5.95. The SMILES string of the molecule is CCOc1cc(C(=O)N2CCN(CC(=O)Nc3ccc(F)cc3)CC2)ccc1OCc1cccnc1. The molecule has 1 fully saturated rings. The molecule has 1 aliphatic rings. The first-order valence-electron chi connectivity index (χ1n) is 11.9. The van der Waals surface area contributed by atoms with E-state index in [1.165, 1.54) is 24.3 Å². The molecule has 0 unspecified atom stereocenters. The van der Waals surface area contributed by atoms with E-state index in [4.69, 9.17) is 9.47 Å². The molecule has 0 radical (unpaired) electrons. The lowest BCUT2D eigenvalue weighted by molar-refractivity contribution is -0.117. The molecule has 1 saturated heterocycles. The third kappa shape index (κ3) is 6.79. The number of ether oxygens (including phenoxy) is 2. The predicted molar refractivity (Wildman–Crippen MR) is 134 cm³/mol. The van der Waals surface area contributed by atoms with Crippen LogP contribution in [0.5, 0.6) is 11.5 Å². The van der Waals surface area contributed by atoms with Gasteiger partial charge < -0.3 is 19.7 Å². The molecule has 0 aliphatic carbocycles. The summed E-state index contributed by atoms with van der Waals surface area (Å²) in [5, 5.41) is 2.76. The van der Waals surface area contributed by atoms with Gasteiger partial charge in [0.2, 0.25) is 5.91 Å². The van der Waals surface area contributed by atoms with Gasteiger partial charge in [-0.15, -0.1) is 0 Å². The highest BCUT2D eigenvalue weighted by Crippen LogP contribution is 2.30. The summed E-state index contributed by atoms with van der Waals surface area (Å²) in [6.45, 7) is 5.04. The molecule has 1 aromatic heterocycles. The maximum absolute atomic E-state index is 13.1. The van der Waals surface area contributed by atoms with E-state index in [1.807, 2.05) is 24.0 Å². The standard InChI is InChI=1S/C27H29FN4O4/c1-2-35-25-16-21(5-10-24(25)36-19-20-4-3-11-29-17-20)27(34)32-14-12-31(13-15-32)18-26(33)30-23-8-6-22(28)7-9-23/h3-11,16-17H,2,12-15,18-19H2,1H3,(H,30,33). The maximum Gasteiger partial charge on any atom is 0.254 e. The number of rotatable bonds is 9. The molecule has 2 amide bonds. The lowest BCUT2D eigenvalue weighted by Gasteiger charge is -2.34. The maximum atomic E-state index is 13.1. The van der Waals surface area contributed by atoms with Crippen LogP contribution in [0.3, 0.4) is 0 Å². The van der Waals surface area contributed by atoms with Crippen LogP contribution in [0, 0.1) is 5.82 Å². The van der Waals surface area contributed by atoms with Gasteiger partial charge in [-0.25, -0.2) is 4.39 Å². The third-order valence-corrected chi connectivity index (χ3v) is 5.76. The molecule has 188 valence electrons. The Labute approximate surface area is 209 Å². The lowest BCUT2D eigenvalue weighted by Crippen LogP contribution is -2.50. The summed E-state index contributed by atoms with van der Waals surface area (Å²) in [6, 6.07) is 14.6.